The smallest absolute Gasteiger partial charge is 0.102 e. The van der Waals surface area contributed by atoms with Gasteiger partial charge < -0.3 is 4.90 Å². The van der Waals surface area contributed by atoms with Crippen LogP contribution in [0.15, 0.2) is 91.0 Å². The Morgan fingerprint density at radius 2 is 1.22 bits per heavy atom. The number of thiophene rings is 1. The van der Waals surface area contributed by atoms with Gasteiger partial charge in [-0.2, -0.15) is 10.5 Å². The number of nitriles is 2. The van der Waals surface area contributed by atoms with E-state index >= 15 is 0 Å². The summed E-state index contributed by atoms with van der Waals surface area (Å²) in [6.45, 7) is 5.53. The summed E-state index contributed by atoms with van der Waals surface area (Å²) in [6.07, 6.45) is 0. The van der Waals surface area contributed by atoms with Gasteiger partial charge in [0.15, 0.2) is 0 Å². The molecule has 5 aromatic rings. The molecule has 0 unspecified atom stereocenters. The number of rotatable bonds is 6. The van der Waals surface area contributed by atoms with Gasteiger partial charge in [-0.05, 0) is 54.1 Å². The number of hydrogen-bond acceptors (Lipinski definition) is 4. The molecule has 0 amide bonds. The highest BCUT2D eigenvalue weighted by Gasteiger charge is 2.23. The topological polar surface area (TPSA) is 50.8 Å². The summed E-state index contributed by atoms with van der Waals surface area (Å²) in [7, 11) is 0. The molecule has 3 nitrogen and oxygen atoms in total. The molecule has 36 heavy (non-hydrogen) atoms. The van der Waals surface area contributed by atoms with Crippen LogP contribution in [0.1, 0.15) is 25.0 Å². The fourth-order valence-corrected chi connectivity index (χ4v) is 5.83. The lowest BCUT2D eigenvalue weighted by Gasteiger charge is -2.26. The van der Waals surface area contributed by atoms with Gasteiger partial charge in [0.2, 0.25) is 0 Å². The van der Waals surface area contributed by atoms with Gasteiger partial charge in [-0.15, -0.1) is 11.3 Å². The van der Waals surface area contributed by atoms with Crippen molar-refractivity contribution in [3.05, 3.63) is 102 Å². The van der Waals surface area contributed by atoms with Gasteiger partial charge >= 0.3 is 0 Å². The molecule has 1 heterocycles. The zero-order chi connectivity index (χ0) is 25.1. The van der Waals surface area contributed by atoms with Crippen molar-refractivity contribution < 1.29 is 0 Å². The lowest BCUT2D eigenvalue weighted by Crippen LogP contribution is -2.24. The summed E-state index contributed by atoms with van der Waals surface area (Å²) in [6, 6.07) is 35.9. The molecule has 0 radical (unpaired) electrons. The number of nitrogens with zero attached hydrogens (tertiary/aromatic N) is 3. The molecule has 0 spiro atoms. The van der Waals surface area contributed by atoms with Crippen LogP contribution in [0, 0.1) is 22.7 Å². The minimum Gasteiger partial charge on any atom is -0.370 e. The number of anilines is 1. The van der Waals surface area contributed by atoms with Crippen molar-refractivity contribution in [3.63, 3.8) is 0 Å². The van der Waals surface area contributed by atoms with Gasteiger partial charge in [0.1, 0.15) is 12.1 Å². The fraction of sp³-hybridized carbons (Fsp3) is 0.125. The van der Waals surface area contributed by atoms with Crippen LogP contribution in [-0.4, -0.2) is 13.1 Å². The Hall–Kier alpha value is -4.38. The third-order valence-electron chi connectivity index (χ3n) is 6.59. The maximum atomic E-state index is 10.3. The van der Waals surface area contributed by atoms with E-state index in [1.54, 1.807) is 11.3 Å². The normalized spacial score (nSPS) is 10.7. The second-order valence-corrected chi connectivity index (χ2v) is 9.64. The second kappa shape index (κ2) is 10.1. The molecule has 4 heteroatoms. The SMILES string of the molecule is CCN(CC)c1c(C#N)c(-c2ccccc2)cc(-c2ccc(-c3cc4ccccc4s3)cc2)c1C#N. The van der Waals surface area contributed by atoms with Crippen molar-refractivity contribution in [2.75, 3.05) is 18.0 Å². The van der Waals surface area contributed by atoms with Crippen LogP contribution in [0.4, 0.5) is 5.69 Å². The lowest BCUT2D eigenvalue weighted by molar-refractivity contribution is 0.863. The van der Waals surface area contributed by atoms with Crippen molar-refractivity contribution in [3.8, 4) is 44.8 Å². The van der Waals surface area contributed by atoms with E-state index in [9.17, 15) is 10.5 Å². The van der Waals surface area contributed by atoms with Gasteiger partial charge in [0, 0.05) is 33.8 Å². The van der Waals surface area contributed by atoms with E-state index in [1.165, 1.54) is 15.0 Å². The monoisotopic (exact) mass is 483 g/mol. The highest BCUT2D eigenvalue weighted by atomic mass is 32.1. The molecule has 0 bridgehead atoms. The highest BCUT2D eigenvalue weighted by Crippen LogP contribution is 2.41. The molecular weight excluding hydrogens is 458 g/mol. The molecule has 0 aliphatic rings. The van der Waals surface area contributed by atoms with Gasteiger partial charge in [-0.1, -0.05) is 72.8 Å². The Morgan fingerprint density at radius 1 is 0.667 bits per heavy atom. The van der Waals surface area contributed by atoms with Crippen molar-refractivity contribution >= 4 is 27.1 Å². The van der Waals surface area contributed by atoms with E-state index in [0.29, 0.717) is 24.2 Å². The first kappa shape index (κ1) is 23.4. The predicted octanol–water partition coefficient (Wildman–Crippen LogP) is 8.49. The third kappa shape index (κ3) is 4.13. The van der Waals surface area contributed by atoms with Crippen LogP contribution in [0.25, 0.3) is 42.8 Å². The van der Waals surface area contributed by atoms with Gasteiger partial charge in [0.25, 0.3) is 0 Å². The highest BCUT2D eigenvalue weighted by molar-refractivity contribution is 7.22. The number of hydrogen-bond donors (Lipinski definition) is 0. The average Bonchev–Trinajstić information content (AvgIpc) is 3.38. The molecule has 1 aromatic heterocycles. The van der Waals surface area contributed by atoms with E-state index < -0.39 is 0 Å². The Bertz CT molecular complexity index is 1580. The summed E-state index contributed by atoms with van der Waals surface area (Å²) in [4.78, 5) is 3.33. The Labute approximate surface area is 216 Å². The summed E-state index contributed by atoms with van der Waals surface area (Å²) < 4.78 is 1.27. The maximum Gasteiger partial charge on any atom is 0.102 e. The number of fused-ring (bicyclic) bond motifs is 1. The van der Waals surface area contributed by atoms with Crippen molar-refractivity contribution in [1.82, 2.24) is 0 Å². The fourth-order valence-electron chi connectivity index (χ4n) is 4.76. The molecule has 0 saturated carbocycles. The third-order valence-corrected chi connectivity index (χ3v) is 7.76. The van der Waals surface area contributed by atoms with Crippen LogP contribution < -0.4 is 4.90 Å². The molecule has 174 valence electrons. The molecule has 0 aliphatic carbocycles. The van der Waals surface area contributed by atoms with E-state index in [1.807, 2.05) is 36.4 Å². The van der Waals surface area contributed by atoms with Crippen LogP contribution >= 0.6 is 11.3 Å². The van der Waals surface area contributed by atoms with Crippen LogP contribution in [-0.2, 0) is 0 Å². The first-order valence-electron chi connectivity index (χ1n) is 12.1. The van der Waals surface area contributed by atoms with E-state index in [2.05, 4.69) is 85.5 Å². The molecule has 0 atom stereocenters. The molecule has 0 saturated heterocycles. The summed E-state index contributed by atoms with van der Waals surface area (Å²) in [5.41, 5.74) is 6.59. The minimum absolute atomic E-state index is 0.546. The van der Waals surface area contributed by atoms with Crippen LogP contribution in [0.5, 0.6) is 0 Å². The quantitative estimate of drug-likeness (QED) is 0.243. The van der Waals surface area contributed by atoms with E-state index in [0.717, 1.165) is 33.5 Å². The van der Waals surface area contributed by atoms with E-state index in [-0.39, 0.29) is 0 Å². The van der Waals surface area contributed by atoms with Crippen molar-refractivity contribution in [2.24, 2.45) is 0 Å². The maximum absolute atomic E-state index is 10.3. The van der Waals surface area contributed by atoms with Gasteiger partial charge in [-0.3, -0.25) is 0 Å². The Balaban J connectivity index is 1.70. The molecule has 0 N–H and O–H groups in total. The predicted molar refractivity (Wildman–Crippen MR) is 151 cm³/mol. The Kier molecular flexibility index (Phi) is 6.54. The number of benzene rings is 4. The summed E-state index contributed by atoms with van der Waals surface area (Å²) in [5.74, 6) is 0. The summed E-state index contributed by atoms with van der Waals surface area (Å²) >= 11 is 1.78. The summed E-state index contributed by atoms with van der Waals surface area (Å²) in [5, 5.41) is 21.8. The molecule has 0 fully saturated rings. The van der Waals surface area contributed by atoms with E-state index in [4.69, 9.17) is 0 Å². The first-order chi connectivity index (χ1) is 17.7. The Morgan fingerprint density at radius 3 is 1.81 bits per heavy atom. The van der Waals surface area contributed by atoms with Gasteiger partial charge in [-0.25, -0.2) is 0 Å². The van der Waals surface area contributed by atoms with Crippen LogP contribution in [0.2, 0.25) is 0 Å². The zero-order valence-corrected chi connectivity index (χ0v) is 21.1. The molecular formula is C32H25N3S. The van der Waals surface area contributed by atoms with Crippen molar-refractivity contribution in [1.29, 1.82) is 10.5 Å². The average molecular weight is 484 g/mol. The van der Waals surface area contributed by atoms with Crippen LogP contribution in [0.3, 0.4) is 0 Å². The first-order valence-corrected chi connectivity index (χ1v) is 12.9. The zero-order valence-electron chi connectivity index (χ0n) is 20.3. The van der Waals surface area contributed by atoms with Crippen molar-refractivity contribution in [2.45, 2.75) is 13.8 Å². The second-order valence-electron chi connectivity index (χ2n) is 8.56. The largest absolute Gasteiger partial charge is 0.370 e. The molecule has 0 aliphatic heterocycles. The molecule has 4 aromatic carbocycles. The standard InChI is InChI=1S/C32H25N3S/c1-3-35(4-2)32-28(20-33)26(22-10-6-5-7-11-22)19-27(29(32)21-34)23-14-16-24(17-15-23)31-18-25-12-8-9-13-30(25)36-31/h5-19H,3-4H2,1-2H3. The van der Waals surface area contributed by atoms with Gasteiger partial charge in [0.05, 0.1) is 16.8 Å². The molecule has 5 rings (SSSR count). The minimum atomic E-state index is 0.546. The lowest BCUT2D eigenvalue weighted by atomic mass is 9.88.